The summed E-state index contributed by atoms with van der Waals surface area (Å²) in [5.74, 6) is 0. The Kier molecular flexibility index (Phi) is 5.82. The molecule has 1 aliphatic rings. The zero-order chi connectivity index (χ0) is 33.8. The molecule has 0 fully saturated rings. The van der Waals surface area contributed by atoms with Crippen LogP contribution in [0.25, 0.3) is 98.0 Å². The first-order valence-electron chi connectivity index (χ1n) is 18.0. The fraction of sp³-hybridized carbons (Fsp3) is 0.0588. The van der Waals surface area contributed by atoms with Crippen molar-refractivity contribution < 1.29 is 0 Å². The summed E-state index contributed by atoms with van der Waals surface area (Å²) in [7, 11) is 0. The molecule has 0 spiro atoms. The van der Waals surface area contributed by atoms with E-state index in [1.165, 1.54) is 109 Å². The van der Waals surface area contributed by atoms with Crippen LogP contribution >= 0.6 is 0 Å². The summed E-state index contributed by atoms with van der Waals surface area (Å²) in [5.41, 5.74) is 10.5. The Morgan fingerprint density at radius 3 is 1.39 bits per heavy atom. The predicted octanol–water partition coefficient (Wildman–Crippen LogP) is 14.2. The lowest BCUT2D eigenvalue weighted by atomic mass is 9.81. The molecule has 0 heterocycles. The highest BCUT2D eigenvalue weighted by atomic mass is 14.4. The Labute approximate surface area is 297 Å². The van der Waals surface area contributed by atoms with Gasteiger partial charge in [-0.15, -0.1) is 0 Å². The fourth-order valence-electron chi connectivity index (χ4n) is 9.20. The van der Waals surface area contributed by atoms with E-state index in [1.54, 1.807) is 0 Å². The highest BCUT2D eigenvalue weighted by Gasteiger charge is 2.35. The van der Waals surface area contributed by atoms with Crippen molar-refractivity contribution in [3.63, 3.8) is 0 Å². The molecule has 0 aromatic heterocycles. The molecule has 0 saturated heterocycles. The monoisotopic (exact) mass is 646 g/mol. The summed E-state index contributed by atoms with van der Waals surface area (Å²) in [6, 6.07) is 63.8. The van der Waals surface area contributed by atoms with Gasteiger partial charge in [-0.2, -0.15) is 0 Å². The van der Waals surface area contributed by atoms with Crippen molar-refractivity contribution >= 4 is 64.6 Å². The standard InChI is InChI=1S/C51H34/c1-51(2)49-14-8-7-13-44(49)45-26-21-36(30-50(45)51)35-20-25-43-42-24-19-34(28-47(42)38-11-5-6-12-39(38)48(43)29-35)33-16-15-32-18-22-40-37-10-4-3-9-31(37)17-23-41(40)46(32)27-33/h3-30H,1-2H3. The Balaban J connectivity index is 1.07. The second kappa shape index (κ2) is 10.4. The molecule has 51 heavy (non-hydrogen) atoms. The summed E-state index contributed by atoms with van der Waals surface area (Å²) >= 11 is 0. The number of hydrogen-bond acceptors (Lipinski definition) is 0. The molecule has 0 atom stereocenters. The van der Waals surface area contributed by atoms with Crippen molar-refractivity contribution in [1.82, 2.24) is 0 Å². The van der Waals surface area contributed by atoms with Crippen LogP contribution in [0.5, 0.6) is 0 Å². The maximum atomic E-state index is 2.43. The third kappa shape index (κ3) is 4.08. The molecule has 0 bridgehead atoms. The molecule has 1 aliphatic carbocycles. The van der Waals surface area contributed by atoms with Gasteiger partial charge in [-0.05, 0) is 133 Å². The van der Waals surface area contributed by atoms with E-state index in [4.69, 9.17) is 0 Å². The predicted molar refractivity (Wildman–Crippen MR) is 220 cm³/mol. The molecular formula is C51H34. The van der Waals surface area contributed by atoms with Crippen LogP contribution in [-0.4, -0.2) is 0 Å². The summed E-state index contributed by atoms with van der Waals surface area (Å²) < 4.78 is 0. The van der Waals surface area contributed by atoms with Gasteiger partial charge in [0, 0.05) is 5.41 Å². The minimum absolute atomic E-state index is 0.0219. The van der Waals surface area contributed by atoms with Crippen LogP contribution in [-0.2, 0) is 5.41 Å². The van der Waals surface area contributed by atoms with Crippen molar-refractivity contribution in [3.05, 3.63) is 181 Å². The SMILES string of the molecule is CC1(C)c2ccccc2-c2ccc(-c3ccc4c5ccc(-c6ccc7ccc8c9ccccc9ccc8c7c6)cc5c5ccccc5c4c3)cc21. The van der Waals surface area contributed by atoms with Gasteiger partial charge in [-0.3, -0.25) is 0 Å². The lowest BCUT2D eigenvalue weighted by Crippen LogP contribution is -2.14. The molecule has 10 aromatic carbocycles. The van der Waals surface area contributed by atoms with E-state index < -0.39 is 0 Å². The van der Waals surface area contributed by atoms with Crippen LogP contribution in [0.15, 0.2) is 170 Å². The molecule has 0 N–H and O–H groups in total. The van der Waals surface area contributed by atoms with Gasteiger partial charge >= 0.3 is 0 Å². The van der Waals surface area contributed by atoms with Gasteiger partial charge in [0.15, 0.2) is 0 Å². The van der Waals surface area contributed by atoms with Crippen LogP contribution in [0.4, 0.5) is 0 Å². The van der Waals surface area contributed by atoms with Crippen molar-refractivity contribution in [1.29, 1.82) is 0 Å². The average molecular weight is 647 g/mol. The Hall–Kier alpha value is -6.24. The van der Waals surface area contributed by atoms with Crippen molar-refractivity contribution in [2.45, 2.75) is 19.3 Å². The van der Waals surface area contributed by atoms with Crippen molar-refractivity contribution in [3.8, 4) is 33.4 Å². The van der Waals surface area contributed by atoms with Gasteiger partial charge in [0.1, 0.15) is 0 Å². The highest BCUT2D eigenvalue weighted by Crippen LogP contribution is 2.50. The van der Waals surface area contributed by atoms with Crippen LogP contribution in [0.2, 0.25) is 0 Å². The third-order valence-corrected chi connectivity index (χ3v) is 11.8. The topological polar surface area (TPSA) is 0 Å². The number of rotatable bonds is 2. The molecule has 11 rings (SSSR count). The van der Waals surface area contributed by atoms with E-state index >= 15 is 0 Å². The maximum absolute atomic E-state index is 2.43. The van der Waals surface area contributed by atoms with E-state index in [1.807, 2.05) is 0 Å². The molecule has 0 aliphatic heterocycles. The van der Waals surface area contributed by atoms with Crippen LogP contribution in [0.1, 0.15) is 25.0 Å². The Morgan fingerprint density at radius 1 is 0.275 bits per heavy atom. The summed E-state index contributed by atoms with van der Waals surface area (Å²) in [6.45, 7) is 4.72. The maximum Gasteiger partial charge on any atom is 0.0159 e. The van der Waals surface area contributed by atoms with Gasteiger partial charge in [0.2, 0.25) is 0 Å². The first kappa shape index (κ1) is 28.6. The van der Waals surface area contributed by atoms with E-state index in [9.17, 15) is 0 Å². The summed E-state index contributed by atoms with van der Waals surface area (Å²) in [4.78, 5) is 0. The minimum Gasteiger partial charge on any atom is -0.0619 e. The van der Waals surface area contributed by atoms with Gasteiger partial charge in [0.05, 0.1) is 0 Å². The smallest absolute Gasteiger partial charge is 0.0159 e. The molecular weight excluding hydrogens is 613 g/mol. The largest absolute Gasteiger partial charge is 0.0619 e. The van der Waals surface area contributed by atoms with Crippen molar-refractivity contribution in [2.24, 2.45) is 0 Å². The number of hydrogen-bond donors (Lipinski definition) is 0. The molecule has 0 heteroatoms. The zero-order valence-electron chi connectivity index (χ0n) is 28.7. The molecule has 0 nitrogen and oxygen atoms in total. The number of benzene rings is 10. The fourth-order valence-corrected chi connectivity index (χ4v) is 9.20. The normalized spacial score (nSPS) is 13.5. The van der Waals surface area contributed by atoms with Crippen molar-refractivity contribution in [2.75, 3.05) is 0 Å². The first-order valence-corrected chi connectivity index (χ1v) is 18.0. The second-order valence-corrected chi connectivity index (χ2v) is 14.9. The lowest BCUT2D eigenvalue weighted by Gasteiger charge is -2.22. The molecule has 10 aromatic rings. The highest BCUT2D eigenvalue weighted by molar-refractivity contribution is 6.26. The number of fused-ring (bicyclic) bond motifs is 14. The third-order valence-electron chi connectivity index (χ3n) is 11.8. The lowest BCUT2D eigenvalue weighted by molar-refractivity contribution is 0.660. The van der Waals surface area contributed by atoms with Gasteiger partial charge in [-0.25, -0.2) is 0 Å². The molecule has 238 valence electrons. The van der Waals surface area contributed by atoms with Crippen LogP contribution < -0.4 is 0 Å². The molecule has 0 unspecified atom stereocenters. The van der Waals surface area contributed by atoms with Crippen LogP contribution in [0.3, 0.4) is 0 Å². The quantitative estimate of drug-likeness (QED) is 0.164. The average Bonchev–Trinajstić information content (AvgIpc) is 3.42. The molecule has 0 amide bonds. The van der Waals surface area contributed by atoms with Gasteiger partial charge in [0.25, 0.3) is 0 Å². The minimum atomic E-state index is -0.0219. The Morgan fingerprint density at radius 2 is 0.686 bits per heavy atom. The zero-order valence-corrected chi connectivity index (χ0v) is 28.7. The molecule has 0 radical (unpaired) electrons. The van der Waals surface area contributed by atoms with E-state index in [-0.39, 0.29) is 5.41 Å². The summed E-state index contributed by atoms with van der Waals surface area (Å²) in [6.07, 6.45) is 0. The Bertz CT molecular complexity index is 3080. The first-order chi connectivity index (χ1) is 25.0. The van der Waals surface area contributed by atoms with E-state index in [2.05, 4.69) is 184 Å². The van der Waals surface area contributed by atoms with Gasteiger partial charge < -0.3 is 0 Å². The van der Waals surface area contributed by atoms with E-state index in [0.29, 0.717) is 0 Å². The van der Waals surface area contributed by atoms with E-state index in [0.717, 1.165) is 0 Å². The van der Waals surface area contributed by atoms with Crippen LogP contribution in [0, 0.1) is 0 Å². The summed E-state index contributed by atoms with van der Waals surface area (Å²) in [5, 5.41) is 15.5. The molecule has 0 saturated carbocycles. The van der Waals surface area contributed by atoms with Gasteiger partial charge in [-0.1, -0.05) is 159 Å². The second-order valence-electron chi connectivity index (χ2n) is 14.9.